The van der Waals surface area contributed by atoms with Crippen LogP contribution in [0.1, 0.15) is 43.0 Å². The summed E-state index contributed by atoms with van der Waals surface area (Å²) in [5, 5.41) is 5.13. The Kier molecular flexibility index (Phi) is 7.48. The van der Waals surface area contributed by atoms with Gasteiger partial charge in [0.15, 0.2) is 5.17 Å². The van der Waals surface area contributed by atoms with Crippen molar-refractivity contribution in [2.75, 3.05) is 6.61 Å². The maximum absolute atomic E-state index is 13.2. The van der Waals surface area contributed by atoms with E-state index in [1.54, 1.807) is 42.6 Å². The molecule has 11 heteroatoms. The van der Waals surface area contributed by atoms with E-state index in [0.717, 1.165) is 17.7 Å². The topological polar surface area (TPSA) is 83.9 Å². The highest BCUT2D eigenvalue weighted by atomic mass is 32.2. The molecule has 0 bridgehead atoms. The Morgan fingerprint density at radius 3 is 2.58 bits per heavy atom. The van der Waals surface area contributed by atoms with E-state index in [-0.39, 0.29) is 24.5 Å². The number of rotatable bonds is 7. The lowest BCUT2D eigenvalue weighted by Gasteiger charge is -2.36. The molecular formula is C25H23F3N4O3S. The molecule has 1 aromatic heterocycles. The molecule has 1 aromatic carbocycles. The third kappa shape index (κ3) is 5.46. The van der Waals surface area contributed by atoms with Crippen LogP contribution in [0, 0.1) is 0 Å². The van der Waals surface area contributed by atoms with E-state index in [2.05, 4.69) is 15.3 Å². The van der Waals surface area contributed by atoms with E-state index >= 15 is 0 Å². The lowest BCUT2D eigenvalue weighted by Crippen LogP contribution is -2.38. The van der Waals surface area contributed by atoms with Gasteiger partial charge in [-0.1, -0.05) is 30.0 Å². The van der Waals surface area contributed by atoms with Crippen LogP contribution in [0.4, 0.5) is 13.2 Å². The number of thioether (sulfide) groups is 1. The number of hydrogen-bond acceptors (Lipinski definition) is 7. The molecule has 2 aromatic rings. The van der Waals surface area contributed by atoms with Crippen molar-refractivity contribution in [3.63, 3.8) is 0 Å². The standard InChI is InChI=1S/C25H23F3N4O3S/c1-3-35-23(34)21-15(2)31-24-32(22(21)17-6-8-18(9-7-17)25(26,27)28)19(14-36-24)11-20(33)30-13-16-5-4-10-29-12-16/h4-10,12,14,22H,3,11,13H2,1-2H3,(H,30,33)/t22-/m0/s1. The Morgan fingerprint density at radius 2 is 1.94 bits per heavy atom. The van der Waals surface area contributed by atoms with Gasteiger partial charge in [-0.15, -0.1) is 0 Å². The van der Waals surface area contributed by atoms with Crippen LogP contribution >= 0.6 is 11.8 Å². The van der Waals surface area contributed by atoms with Gasteiger partial charge in [0, 0.05) is 24.6 Å². The number of ether oxygens (including phenoxy) is 1. The number of amidine groups is 1. The third-order valence-corrected chi connectivity index (χ3v) is 6.49. The Morgan fingerprint density at radius 1 is 1.19 bits per heavy atom. The first kappa shape index (κ1) is 25.5. The van der Waals surface area contributed by atoms with Gasteiger partial charge in [0.1, 0.15) is 0 Å². The van der Waals surface area contributed by atoms with Crippen LogP contribution in [0.15, 0.2) is 76.2 Å². The molecule has 0 spiro atoms. The predicted octanol–water partition coefficient (Wildman–Crippen LogP) is 4.94. The summed E-state index contributed by atoms with van der Waals surface area (Å²) in [6, 6.07) is 7.45. The number of amides is 1. The van der Waals surface area contributed by atoms with Crippen LogP contribution in [-0.4, -0.2) is 33.5 Å². The number of benzene rings is 1. The number of fused-ring (bicyclic) bond motifs is 1. The van der Waals surface area contributed by atoms with Crippen molar-refractivity contribution in [2.45, 2.75) is 39.0 Å². The zero-order valence-electron chi connectivity index (χ0n) is 19.5. The summed E-state index contributed by atoms with van der Waals surface area (Å²) in [5.74, 6) is -0.873. The highest BCUT2D eigenvalue weighted by Crippen LogP contribution is 2.45. The van der Waals surface area contributed by atoms with Gasteiger partial charge in [-0.05, 0) is 48.6 Å². The van der Waals surface area contributed by atoms with Gasteiger partial charge in [-0.3, -0.25) is 9.78 Å². The molecule has 0 radical (unpaired) electrons. The molecule has 3 heterocycles. The fourth-order valence-electron chi connectivity index (χ4n) is 3.94. The van der Waals surface area contributed by atoms with Crippen molar-refractivity contribution in [3.05, 3.63) is 87.9 Å². The smallest absolute Gasteiger partial charge is 0.416 e. The number of carbonyl (C=O) groups is 2. The number of halogens is 3. The number of allylic oxidation sites excluding steroid dienone is 1. The number of aromatic nitrogens is 1. The fraction of sp³-hybridized carbons (Fsp3) is 0.280. The van der Waals surface area contributed by atoms with Crippen LogP contribution < -0.4 is 5.32 Å². The highest BCUT2D eigenvalue weighted by molar-refractivity contribution is 8.16. The normalized spacial score (nSPS) is 17.4. The van der Waals surface area contributed by atoms with Crippen molar-refractivity contribution in [1.29, 1.82) is 0 Å². The van der Waals surface area contributed by atoms with Gasteiger partial charge < -0.3 is 15.0 Å². The molecule has 0 aliphatic carbocycles. The maximum atomic E-state index is 13.2. The summed E-state index contributed by atoms with van der Waals surface area (Å²) in [4.78, 5) is 35.9. The lowest BCUT2D eigenvalue weighted by molar-refractivity contribution is -0.139. The molecule has 1 N–H and O–H groups in total. The van der Waals surface area contributed by atoms with Crippen LogP contribution in [0.2, 0.25) is 0 Å². The van der Waals surface area contributed by atoms with E-state index in [4.69, 9.17) is 4.74 Å². The number of alkyl halides is 3. The average molecular weight is 517 g/mol. The molecule has 36 heavy (non-hydrogen) atoms. The summed E-state index contributed by atoms with van der Waals surface area (Å²) in [5.41, 5.74) is 1.68. The van der Waals surface area contributed by atoms with Gasteiger partial charge in [0.2, 0.25) is 5.91 Å². The Hall–Kier alpha value is -3.60. The first-order valence-corrected chi connectivity index (χ1v) is 12.0. The van der Waals surface area contributed by atoms with Crippen LogP contribution in [0.3, 0.4) is 0 Å². The lowest BCUT2D eigenvalue weighted by atomic mass is 9.93. The largest absolute Gasteiger partial charge is 0.463 e. The van der Waals surface area contributed by atoms with E-state index in [0.29, 0.717) is 28.7 Å². The van der Waals surface area contributed by atoms with Crippen LogP contribution in [0.5, 0.6) is 0 Å². The highest BCUT2D eigenvalue weighted by Gasteiger charge is 2.41. The minimum Gasteiger partial charge on any atom is -0.463 e. The minimum absolute atomic E-state index is 0.0153. The van der Waals surface area contributed by atoms with Crippen molar-refractivity contribution in [3.8, 4) is 0 Å². The molecule has 7 nitrogen and oxygen atoms in total. The van der Waals surface area contributed by atoms with Gasteiger partial charge >= 0.3 is 12.1 Å². The van der Waals surface area contributed by atoms with Crippen molar-refractivity contribution >= 4 is 28.8 Å². The first-order valence-electron chi connectivity index (χ1n) is 11.1. The molecule has 2 aliphatic heterocycles. The van der Waals surface area contributed by atoms with E-state index in [1.165, 1.54) is 23.9 Å². The zero-order valence-corrected chi connectivity index (χ0v) is 20.3. The van der Waals surface area contributed by atoms with Gasteiger partial charge in [-0.25, -0.2) is 9.79 Å². The Labute approximate surface area is 210 Å². The molecule has 188 valence electrons. The molecule has 1 atom stereocenters. The number of esters is 1. The second-order valence-electron chi connectivity index (χ2n) is 8.05. The molecule has 2 aliphatic rings. The summed E-state index contributed by atoms with van der Waals surface area (Å²) >= 11 is 1.29. The van der Waals surface area contributed by atoms with Gasteiger partial charge in [0.25, 0.3) is 0 Å². The summed E-state index contributed by atoms with van der Waals surface area (Å²) < 4.78 is 44.8. The van der Waals surface area contributed by atoms with Gasteiger partial charge in [0.05, 0.1) is 35.9 Å². The molecule has 0 saturated carbocycles. The first-order chi connectivity index (χ1) is 17.2. The summed E-state index contributed by atoms with van der Waals surface area (Å²) in [7, 11) is 0. The number of nitrogens with zero attached hydrogens (tertiary/aromatic N) is 3. The number of hydrogen-bond donors (Lipinski definition) is 1. The van der Waals surface area contributed by atoms with E-state index < -0.39 is 23.8 Å². The number of pyridine rings is 1. The third-order valence-electron chi connectivity index (χ3n) is 5.60. The minimum atomic E-state index is -4.49. The average Bonchev–Trinajstić information content (AvgIpc) is 3.24. The molecule has 1 amide bonds. The quantitative estimate of drug-likeness (QED) is 0.525. The molecule has 0 fully saturated rings. The van der Waals surface area contributed by atoms with Gasteiger partial charge in [-0.2, -0.15) is 13.2 Å². The van der Waals surface area contributed by atoms with Crippen molar-refractivity contribution in [1.82, 2.24) is 15.2 Å². The van der Waals surface area contributed by atoms with E-state index in [1.807, 2.05) is 6.07 Å². The zero-order chi connectivity index (χ0) is 25.9. The maximum Gasteiger partial charge on any atom is 0.416 e. The predicted molar refractivity (Wildman–Crippen MR) is 129 cm³/mol. The second-order valence-corrected chi connectivity index (χ2v) is 8.88. The molecule has 0 unspecified atom stereocenters. The molecule has 0 saturated heterocycles. The van der Waals surface area contributed by atoms with Crippen molar-refractivity contribution < 1.29 is 27.5 Å². The Balaban J connectivity index is 1.63. The van der Waals surface area contributed by atoms with Crippen molar-refractivity contribution in [2.24, 2.45) is 4.99 Å². The summed E-state index contributed by atoms with van der Waals surface area (Å²) in [6.07, 6.45) is -1.21. The summed E-state index contributed by atoms with van der Waals surface area (Å²) in [6.45, 7) is 3.75. The number of aliphatic imine (C=N–C) groups is 1. The number of nitrogens with one attached hydrogen (secondary N) is 1. The SMILES string of the molecule is CCOC(=O)C1=C(C)N=C2SC=C(CC(=O)NCc3cccnc3)N2[C@H]1c1ccc(C(F)(F)F)cc1. The van der Waals surface area contributed by atoms with Crippen LogP contribution in [0.25, 0.3) is 0 Å². The fourth-order valence-corrected chi connectivity index (χ4v) is 4.90. The second kappa shape index (κ2) is 10.6. The van der Waals surface area contributed by atoms with E-state index in [9.17, 15) is 22.8 Å². The van der Waals surface area contributed by atoms with Crippen LogP contribution in [-0.2, 0) is 27.0 Å². The number of carbonyl (C=O) groups excluding carboxylic acids is 2. The monoisotopic (exact) mass is 516 g/mol. The Bertz CT molecular complexity index is 1240. The molecule has 4 rings (SSSR count). The molecular weight excluding hydrogens is 493 g/mol.